The Morgan fingerprint density at radius 2 is 1.78 bits per heavy atom. The van der Waals surface area contributed by atoms with E-state index in [0.717, 1.165) is 22.6 Å². The molecule has 1 aromatic carbocycles. The largest absolute Gasteiger partial charge is 0.316 e. The molecule has 0 saturated carbocycles. The zero-order valence-electron chi connectivity index (χ0n) is 13.6. The zero-order chi connectivity index (χ0) is 16.6. The molecule has 4 rings (SSSR count). The minimum atomic E-state index is 0.00551. The molecule has 0 N–H and O–H groups in total. The van der Waals surface area contributed by atoms with Gasteiger partial charge in [0.25, 0.3) is 5.91 Å². The average molecular weight is 325 g/mol. The molecule has 1 unspecified atom stereocenters. The third-order valence-corrected chi connectivity index (χ3v) is 4.28. The van der Waals surface area contributed by atoms with Crippen molar-refractivity contribution in [2.24, 2.45) is 0 Å². The van der Waals surface area contributed by atoms with Crippen LogP contribution in [0.2, 0.25) is 0 Å². The normalized spacial score (nSPS) is 13.0. The van der Waals surface area contributed by atoms with E-state index >= 15 is 0 Å². The highest BCUT2D eigenvalue weighted by Gasteiger charge is 2.27. The van der Waals surface area contributed by atoms with Gasteiger partial charge in [-0.3, -0.25) is 9.20 Å². The first kappa shape index (κ1) is 15.7. The molecule has 4 nitrogen and oxygen atoms in total. The molecular weight excluding hydrogens is 305 g/mol. The smallest absolute Gasteiger partial charge is 0.274 e. The molecule has 2 aromatic heterocycles. The van der Waals surface area contributed by atoms with Crippen LogP contribution in [0.3, 0.4) is 0 Å². The Balaban J connectivity index is 0.000000753. The van der Waals surface area contributed by atoms with E-state index in [9.17, 15) is 4.79 Å². The first-order valence-electron chi connectivity index (χ1n) is 7.79. The summed E-state index contributed by atoms with van der Waals surface area (Å²) in [4.78, 5) is 17.0. The summed E-state index contributed by atoms with van der Waals surface area (Å²) in [5.74, 6) is 0.00551. The third-order valence-electron chi connectivity index (χ3n) is 3.86. The molecule has 0 spiro atoms. The summed E-state index contributed by atoms with van der Waals surface area (Å²) in [6.07, 6.45) is 0. The molecule has 0 bridgehead atoms. The van der Waals surface area contributed by atoms with E-state index < -0.39 is 0 Å². The standard InChI is InChI=1S/C16H14N3OP.C2H6/c1-10-5-7-11(8-6-10)15-13-9-18(21)16(20)12-3-2-4-14(17-15)19(12)13;1-2/h2-8H,9,21H2,1H3;1-2H3. The minimum absolute atomic E-state index is 0.00551. The number of pyridine rings is 1. The molecule has 1 atom stereocenters. The lowest BCUT2D eigenvalue weighted by atomic mass is 10.1. The van der Waals surface area contributed by atoms with Crippen LogP contribution in [0.5, 0.6) is 0 Å². The van der Waals surface area contributed by atoms with Crippen LogP contribution in [0.15, 0.2) is 42.5 Å². The van der Waals surface area contributed by atoms with Gasteiger partial charge in [0.05, 0.1) is 17.9 Å². The van der Waals surface area contributed by atoms with Crippen molar-refractivity contribution in [1.29, 1.82) is 0 Å². The topological polar surface area (TPSA) is 37.6 Å². The molecular formula is C18H20N3OP. The predicted octanol–water partition coefficient (Wildman–Crippen LogP) is 4.08. The van der Waals surface area contributed by atoms with Gasteiger partial charge in [-0.05, 0) is 28.4 Å². The third kappa shape index (κ3) is 2.53. The number of hydrogen-bond acceptors (Lipinski definition) is 2. The van der Waals surface area contributed by atoms with Crippen LogP contribution in [-0.2, 0) is 6.54 Å². The second-order valence-electron chi connectivity index (χ2n) is 5.31. The highest BCUT2D eigenvalue weighted by Crippen LogP contribution is 2.31. The Morgan fingerprint density at radius 1 is 1.09 bits per heavy atom. The Hall–Kier alpha value is -2.19. The fourth-order valence-electron chi connectivity index (χ4n) is 2.79. The molecule has 0 saturated heterocycles. The maximum absolute atomic E-state index is 12.2. The Kier molecular flexibility index (Phi) is 4.18. The van der Waals surface area contributed by atoms with Gasteiger partial charge in [0, 0.05) is 5.56 Å². The first-order valence-corrected chi connectivity index (χ1v) is 8.31. The van der Waals surface area contributed by atoms with E-state index in [0.29, 0.717) is 12.2 Å². The number of benzene rings is 1. The summed E-state index contributed by atoms with van der Waals surface area (Å²) >= 11 is 0. The van der Waals surface area contributed by atoms with E-state index in [2.05, 4.69) is 40.6 Å². The lowest BCUT2D eigenvalue weighted by Crippen LogP contribution is -2.29. The molecule has 3 heterocycles. The van der Waals surface area contributed by atoms with E-state index in [1.807, 2.05) is 36.4 Å². The van der Waals surface area contributed by atoms with E-state index in [1.165, 1.54) is 5.56 Å². The van der Waals surface area contributed by atoms with E-state index in [1.54, 1.807) is 4.67 Å². The number of aromatic nitrogens is 2. The predicted molar refractivity (Wildman–Crippen MR) is 96.3 cm³/mol. The molecule has 1 aliphatic rings. The Bertz CT molecular complexity index is 868. The summed E-state index contributed by atoms with van der Waals surface area (Å²) in [5, 5.41) is 0. The van der Waals surface area contributed by atoms with Crippen molar-refractivity contribution in [2.45, 2.75) is 27.3 Å². The number of carbonyl (C=O) groups is 1. The number of imidazole rings is 1. The van der Waals surface area contributed by atoms with Gasteiger partial charge in [-0.25, -0.2) is 4.98 Å². The zero-order valence-corrected chi connectivity index (χ0v) is 14.7. The molecule has 5 heteroatoms. The van der Waals surface area contributed by atoms with Crippen molar-refractivity contribution < 1.29 is 4.79 Å². The number of carbonyl (C=O) groups excluding carboxylic acids is 1. The van der Waals surface area contributed by atoms with Crippen LogP contribution in [0.1, 0.15) is 35.6 Å². The van der Waals surface area contributed by atoms with Gasteiger partial charge in [-0.15, -0.1) is 0 Å². The molecule has 1 aliphatic heterocycles. The van der Waals surface area contributed by atoms with Crippen molar-refractivity contribution in [3.8, 4) is 11.3 Å². The van der Waals surface area contributed by atoms with Crippen molar-refractivity contribution in [2.75, 3.05) is 0 Å². The van der Waals surface area contributed by atoms with E-state index in [4.69, 9.17) is 4.98 Å². The summed E-state index contributed by atoms with van der Waals surface area (Å²) in [6.45, 7) is 6.61. The van der Waals surface area contributed by atoms with Crippen LogP contribution in [0.4, 0.5) is 0 Å². The van der Waals surface area contributed by atoms with E-state index in [-0.39, 0.29) is 5.91 Å². The summed E-state index contributed by atoms with van der Waals surface area (Å²) < 4.78 is 3.63. The monoisotopic (exact) mass is 325 g/mol. The number of nitrogens with zero attached hydrogens (tertiary/aromatic N) is 3. The van der Waals surface area contributed by atoms with Gasteiger partial charge in [0.2, 0.25) is 0 Å². The maximum Gasteiger partial charge on any atom is 0.274 e. The number of aryl methyl sites for hydroxylation is 1. The van der Waals surface area contributed by atoms with Gasteiger partial charge >= 0.3 is 0 Å². The quantitative estimate of drug-likeness (QED) is 0.632. The first-order chi connectivity index (χ1) is 11.1. The summed E-state index contributed by atoms with van der Waals surface area (Å²) in [5.41, 5.74) is 5.79. The van der Waals surface area contributed by atoms with Crippen LogP contribution in [0, 0.1) is 6.92 Å². The number of hydrogen-bond donors (Lipinski definition) is 0. The number of amides is 1. The maximum atomic E-state index is 12.2. The highest BCUT2D eigenvalue weighted by molar-refractivity contribution is 7.14. The van der Waals surface area contributed by atoms with Crippen LogP contribution in [-0.4, -0.2) is 20.0 Å². The van der Waals surface area contributed by atoms with Crippen molar-refractivity contribution in [1.82, 2.24) is 14.1 Å². The highest BCUT2D eigenvalue weighted by atomic mass is 31.0. The van der Waals surface area contributed by atoms with Crippen LogP contribution in [0.25, 0.3) is 16.9 Å². The Morgan fingerprint density at radius 3 is 2.48 bits per heavy atom. The average Bonchev–Trinajstić information content (AvgIpc) is 2.95. The molecule has 0 aliphatic carbocycles. The fraction of sp³-hybridized carbons (Fsp3) is 0.222. The number of rotatable bonds is 1. The second kappa shape index (κ2) is 6.13. The minimum Gasteiger partial charge on any atom is -0.316 e. The van der Waals surface area contributed by atoms with Gasteiger partial charge in [-0.1, -0.05) is 49.7 Å². The van der Waals surface area contributed by atoms with Gasteiger partial charge in [-0.2, -0.15) is 0 Å². The summed E-state index contributed by atoms with van der Waals surface area (Å²) in [6, 6.07) is 14.0. The van der Waals surface area contributed by atoms with Gasteiger partial charge < -0.3 is 4.67 Å². The second-order valence-corrected chi connectivity index (χ2v) is 5.93. The molecule has 0 radical (unpaired) electrons. The van der Waals surface area contributed by atoms with Crippen LogP contribution >= 0.6 is 9.39 Å². The summed E-state index contributed by atoms with van der Waals surface area (Å²) in [7, 11) is 2.50. The lowest BCUT2D eigenvalue weighted by Gasteiger charge is -2.23. The van der Waals surface area contributed by atoms with Crippen molar-refractivity contribution in [3.63, 3.8) is 0 Å². The van der Waals surface area contributed by atoms with Gasteiger partial charge in [0.15, 0.2) is 0 Å². The van der Waals surface area contributed by atoms with Crippen molar-refractivity contribution in [3.05, 3.63) is 59.4 Å². The molecule has 0 fully saturated rings. The van der Waals surface area contributed by atoms with Crippen LogP contribution < -0.4 is 0 Å². The van der Waals surface area contributed by atoms with Crippen molar-refractivity contribution >= 4 is 20.9 Å². The lowest BCUT2D eigenvalue weighted by molar-refractivity contribution is 0.0844. The molecule has 23 heavy (non-hydrogen) atoms. The SMILES string of the molecule is CC.Cc1ccc(-c2nc3cccc4n3c2CN(P)C4=O)cc1. The fourth-order valence-corrected chi connectivity index (χ4v) is 3.09. The molecule has 1 amide bonds. The van der Waals surface area contributed by atoms with Gasteiger partial charge in [0.1, 0.15) is 11.3 Å². The molecule has 3 aromatic rings. The Labute approximate surface area is 138 Å². The molecule has 118 valence electrons.